The number of nitrogens with one attached hydrogen (secondary N) is 1. The van der Waals surface area contributed by atoms with Crippen molar-refractivity contribution >= 4 is 23.5 Å². The lowest BCUT2D eigenvalue weighted by molar-refractivity contribution is -0.137. The van der Waals surface area contributed by atoms with Gasteiger partial charge in [0.15, 0.2) is 0 Å². The van der Waals surface area contributed by atoms with Crippen molar-refractivity contribution in [3.8, 4) is 0 Å². The Morgan fingerprint density at radius 3 is 2.82 bits per heavy atom. The van der Waals surface area contributed by atoms with Gasteiger partial charge in [-0.25, -0.2) is 0 Å². The zero-order valence-electron chi connectivity index (χ0n) is 9.31. The van der Waals surface area contributed by atoms with Gasteiger partial charge < -0.3 is 10.4 Å². The van der Waals surface area contributed by atoms with E-state index in [2.05, 4.69) is 10.3 Å². The SMILES string of the molecule is CCC(CC(=O)O)NC(=O)c1cnccc1Cl. The highest BCUT2D eigenvalue weighted by molar-refractivity contribution is 6.33. The van der Waals surface area contributed by atoms with Crippen LogP contribution in [0.2, 0.25) is 5.02 Å². The fourth-order valence-electron chi connectivity index (χ4n) is 1.32. The molecule has 92 valence electrons. The van der Waals surface area contributed by atoms with E-state index < -0.39 is 17.9 Å². The van der Waals surface area contributed by atoms with Crippen molar-refractivity contribution in [2.24, 2.45) is 0 Å². The van der Waals surface area contributed by atoms with Crippen molar-refractivity contribution in [2.45, 2.75) is 25.8 Å². The number of carbonyl (C=O) groups is 2. The number of carboxylic acids is 1. The van der Waals surface area contributed by atoms with E-state index >= 15 is 0 Å². The molecule has 6 heteroatoms. The first-order chi connectivity index (χ1) is 8.04. The van der Waals surface area contributed by atoms with E-state index in [0.717, 1.165) is 0 Å². The first-order valence-electron chi connectivity index (χ1n) is 5.16. The van der Waals surface area contributed by atoms with E-state index in [1.165, 1.54) is 18.5 Å². The molecule has 1 unspecified atom stereocenters. The molecular formula is C11H13ClN2O3. The Kier molecular flexibility index (Phi) is 4.90. The van der Waals surface area contributed by atoms with Gasteiger partial charge in [-0.05, 0) is 12.5 Å². The van der Waals surface area contributed by atoms with Crippen LogP contribution in [0, 0.1) is 0 Å². The van der Waals surface area contributed by atoms with Crippen LogP contribution in [0.5, 0.6) is 0 Å². The quantitative estimate of drug-likeness (QED) is 0.841. The smallest absolute Gasteiger partial charge is 0.305 e. The Morgan fingerprint density at radius 1 is 1.59 bits per heavy atom. The van der Waals surface area contributed by atoms with Crippen LogP contribution >= 0.6 is 11.6 Å². The van der Waals surface area contributed by atoms with Gasteiger partial charge in [0.05, 0.1) is 17.0 Å². The number of amides is 1. The minimum atomic E-state index is -0.950. The lowest BCUT2D eigenvalue weighted by atomic mass is 10.1. The van der Waals surface area contributed by atoms with Gasteiger partial charge in [0.1, 0.15) is 0 Å². The molecular weight excluding hydrogens is 244 g/mol. The monoisotopic (exact) mass is 256 g/mol. The summed E-state index contributed by atoms with van der Waals surface area (Å²) in [5.41, 5.74) is 0.248. The number of pyridine rings is 1. The van der Waals surface area contributed by atoms with Gasteiger partial charge in [-0.3, -0.25) is 14.6 Å². The molecule has 0 aliphatic rings. The zero-order valence-corrected chi connectivity index (χ0v) is 10.1. The molecule has 1 heterocycles. The summed E-state index contributed by atoms with van der Waals surface area (Å²) in [4.78, 5) is 26.2. The predicted molar refractivity (Wildman–Crippen MR) is 63.0 cm³/mol. The number of rotatable bonds is 5. The number of hydrogen-bond donors (Lipinski definition) is 2. The van der Waals surface area contributed by atoms with E-state index in [0.29, 0.717) is 11.4 Å². The molecule has 0 fully saturated rings. The van der Waals surface area contributed by atoms with Crippen LogP contribution in [0.3, 0.4) is 0 Å². The molecule has 5 nitrogen and oxygen atoms in total. The summed E-state index contributed by atoms with van der Waals surface area (Å²) < 4.78 is 0. The van der Waals surface area contributed by atoms with Crippen molar-refractivity contribution in [1.82, 2.24) is 10.3 Å². The van der Waals surface area contributed by atoms with Gasteiger partial charge in [0.2, 0.25) is 0 Å². The molecule has 0 aliphatic carbocycles. The Bertz CT molecular complexity index is 423. The third-order valence-corrected chi connectivity index (χ3v) is 2.59. The molecule has 0 radical (unpaired) electrons. The number of halogens is 1. The molecule has 0 aromatic carbocycles. The topological polar surface area (TPSA) is 79.3 Å². The summed E-state index contributed by atoms with van der Waals surface area (Å²) in [5.74, 6) is -1.36. The Hall–Kier alpha value is -1.62. The van der Waals surface area contributed by atoms with Crippen LogP contribution in [-0.2, 0) is 4.79 Å². The predicted octanol–water partition coefficient (Wildman–Crippen LogP) is 1.72. The Balaban J connectivity index is 2.71. The zero-order chi connectivity index (χ0) is 12.8. The highest BCUT2D eigenvalue weighted by Gasteiger charge is 2.16. The fourth-order valence-corrected chi connectivity index (χ4v) is 1.51. The second kappa shape index (κ2) is 6.20. The summed E-state index contributed by atoms with van der Waals surface area (Å²) in [6, 6.07) is 1.10. The minimum absolute atomic E-state index is 0.111. The maximum Gasteiger partial charge on any atom is 0.305 e. The molecule has 1 aromatic heterocycles. The Labute approximate surface area is 104 Å². The first kappa shape index (κ1) is 13.4. The fraction of sp³-hybridized carbons (Fsp3) is 0.364. The molecule has 0 saturated heterocycles. The number of hydrogen-bond acceptors (Lipinski definition) is 3. The normalized spacial score (nSPS) is 11.9. The molecule has 0 spiro atoms. The third kappa shape index (κ3) is 4.03. The average Bonchev–Trinajstić information content (AvgIpc) is 2.27. The van der Waals surface area contributed by atoms with Crippen LogP contribution in [-0.4, -0.2) is 28.0 Å². The van der Waals surface area contributed by atoms with Crippen molar-refractivity contribution in [1.29, 1.82) is 0 Å². The van der Waals surface area contributed by atoms with E-state index in [4.69, 9.17) is 16.7 Å². The molecule has 0 aliphatic heterocycles. The highest BCUT2D eigenvalue weighted by atomic mass is 35.5. The summed E-state index contributed by atoms with van der Waals surface area (Å²) >= 11 is 5.83. The summed E-state index contributed by atoms with van der Waals surface area (Å²) in [6.45, 7) is 1.80. The number of carboxylic acid groups (broad SMARTS) is 1. The molecule has 17 heavy (non-hydrogen) atoms. The number of carbonyl (C=O) groups excluding carboxylic acids is 1. The molecule has 1 rings (SSSR count). The minimum Gasteiger partial charge on any atom is -0.481 e. The summed E-state index contributed by atoms with van der Waals surface area (Å²) in [6.07, 6.45) is 3.26. The van der Waals surface area contributed by atoms with Gasteiger partial charge in [0, 0.05) is 18.4 Å². The first-order valence-corrected chi connectivity index (χ1v) is 5.54. The van der Waals surface area contributed by atoms with Gasteiger partial charge >= 0.3 is 5.97 Å². The van der Waals surface area contributed by atoms with Crippen molar-refractivity contribution in [3.63, 3.8) is 0 Å². The van der Waals surface area contributed by atoms with Gasteiger partial charge in [-0.1, -0.05) is 18.5 Å². The molecule has 2 N–H and O–H groups in total. The van der Waals surface area contributed by atoms with Crippen LogP contribution in [0.4, 0.5) is 0 Å². The third-order valence-electron chi connectivity index (χ3n) is 2.26. The number of aromatic nitrogens is 1. The summed E-state index contributed by atoms with van der Waals surface area (Å²) in [5, 5.41) is 11.6. The Morgan fingerprint density at radius 2 is 2.29 bits per heavy atom. The van der Waals surface area contributed by atoms with Crippen LogP contribution < -0.4 is 5.32 Å². The lowest BCUT2D eigenvalue weighted by Crippen LogP contribution is -2.36. The van der Waals surface area contributed by atoms with E-state index in [-0.39, 0.29) is 12.0 Å². The molecule has 1 atom stereocenters. The van der Waals surface area contributed by atoms with E-state index in [9.17, 15) is 9.59 Å². The van der Waals surface area contributed by atoms with Crippen molar-refractivity contribution in [2.75, 3.05) is 0 Å². The van der Waals surface area contributed by atoms with Crippen molar-refractivity contribution < 1.29 is 14.7 Å². The summed E-state index contributed by atoms with van der Waals surface area (Å²) in [7, 11) is 0. The number of nitrogens with zero attached hydrogens (tertiary/aromatic N) is 1. The highest BCUT2D eigenvalue weighted by Crippen LogP contribution is 2.13. The molecule has 0 bridgehead atoms. The maximum atomic E-state index is 11.8. The second-order valence-corrected chi connectivity index (χ2v) is 3.94. The second-order valence-electron chi connectivity index (χ2n) is 3.53. The van der Waals surface area contributed by atoms with Crippen LogP contribution in [0.1, 0.15) is 30.1 Å². The lowest BCUT2D eigenvalue weighted by Gasteiger charge is -2.14. The van der Waals surface area contributed by atoms with Crippen molar-refractivity contribution in [3.05, 3.63) is 29.0 Å². The van der Waals surface area contributed by atoms with Crippen LogP contribution in [0.25, 0.3) is 0 Å². The van der Waals surface area contributed by atoms with E-state index in [1.54, 1.807) is 6.92 Å². The van der Waals surface area contributed by atoms with Gasteiger partial charge in [-0.15, -0.1) is 0 Å². The largest absolute Gasteiger partial charge is 0.481 e. The molecule has 0 saturated carbocycles. The standard InChI is InChI=1S/C11H13ClN2O3/c1-2-7(5-10(15)16)14-11(17)8-6-13-4-3-9(8)12/h3-4,6-7H,2,5H2,1H3,(H,14,17)(H,15,16). The average molecular weight is 257 g/mol. The maximum absolute atomic E-state index is 11.8. The molecule has 1 amide bonds. The van der Waals surface area contributed by atoms with Crippen LogP contribution in [0.15, 0.2) is 18.5 Å². The van der Waals surface area contributed by atoms with E-state index in [1.807, 2.05) is 0 Å². The molecule has 1 aromatic rings. The van der Waals surface area contributed by atoms with Gasteiger partial charge in [-0.2, -0.15) is 0 Å². The van der Waals surface area contributed by atoms with Gasteiger partial charge in [0.25, 0.3) is 5.91 Å². The number of aliphatic carboxylic acids is 1.